The largest absolute Gasteiger partial charge is 0.416 e. The van der Waals surface area contributed by atoms with Crippen molar-refractivity contribution in [3.05, 3.63) is 35.4 Å². The first kappa shape index (κ1) is 18.3. The molecule has 1 rings (SSSR count). The molecule has 0 saturated heterocycles. The Labute approximate surface area is 127 Å². The molecule has 7 heteroatoms. The smallest absolute Gasteiger partial charge is 0.391 e. The van der Waals surface area contributed by atoms with Crippen LogP contribution in [0.1, 0.15) is 43.9 Å². The van der Waals surface area contributed by atoms with Crippen molar-refractivity contribution >= 4 is 6.03 Å². The van der Waals surface area contributed by atoms with E-state index in [1.165, 1.54) is 12.1 Å². The third kappa shape index (κ3) is 5.93. The summed E-state index contributed by atoms with van der Waals surface area (Å²) in [5.41, 5.74) is -0.392. The Morgan fingerprint density at radius 3 is 2.64 bits per heavy atom. The molecule has 0 fully saturated rings. The summed E-state index contributed by atoms with van der Waals surface area (Å²) in [5.74, 6) is 0. The summed E-state index contributed by atoms with van der Waals surface area (Å²) in [5, 5.41) is 14.5. The third-order valence-corrected chi connectivity index (χ3v) is 3.18. The van der Waals surface area contributed by atoms with Crippen molar-refractivity contribution in [1.29, 1.82) is 0 Å². The fourth-order valence-electron chi connectivity index (χ4n) is 1.96. The Morgan fingerprint density at radius 1 is 1.36 bits per heavy atom. The van der Waals surface area contributed by atoms with E-state index in [4.69, 9.17) is 0 Å². The van der Waals surface area contributed by atoms with Gasteiger partial charge in [-0.1, -0.05) is 25.5 Å². The molecule has 1 aromatic carbocycles. The van der Waals surface area contributed by atoms with Crippen molar-refractivity contribution in [1.82, 2.24) is 10.6 Å². The van der Waals surface area contributed by atoms with Crippen LogP contribution in [-0.2, 0) is 6.18 Å². The van der Waals surface area contributed by atoms with Crippen LogP contribution in [0.15, 0.2) is 24.3 Å². The number of hydrogen-bond acceptors (Lipinski definition) is 2. The number of hydrogen-bond donors (Lipinski definition) is 3. The Bertz CT molecular complexity index is 492. The van der Waals surface area contributed by atoms with Crippen molar-refractivity contribution in [2.24, 2.45) is 0 Å². The van der Waals surface area contributed by atoms with Gasteiger partial charge >= 0.3 is 12.2 Å². The lowest BCUT2D eigenvalue weighted by Crippen LogP contribution is -2.40. The number of aliphatic hydroxyl groups excluding tert-OH is 1. The van der Waals surface area contributed by atoms with Crippen LogP contribution in [0.5, 0.6) is 0 Å². The minimum absolute atomic E-state index is 0.106. The highest BCUT2D eigenvalue weighted by Crippen LogP contribution is 2.30. The number of aliphatic hydroxyl groups is 1. The number of carbonyl (C=O) groups is 1. The van der Waals surface area contributed by atoms with E-state index in [1.54, 1.807) is 6.92 Å². The predicted molar refractivity (Wildman–Crippen MR) is 77.3 cm³/mol. The fraction of sp³-hybridized carbons (Fsp3) is 0.533. The van der Waals surface area contributed by atoms with Crippen molar-refractivity contribution in [3.8, 4) is 0 Å². The molecule has 1 aromatic rings. The number of halogens is 3. The molecule has 0 aliphatic heterocycles. The molecule has 4 nitrogen and oxygen atoms in total. The van der Waals surface area contributed by atoms with E-state index in [1.807, 2.05) is 6.92 Å². The molecule has 2 atom stereocenters. The molecule has 0 spiro atoms. The minimum atomic E-state index is -4.41. The van der Waals surface area contributed by atoms with Crippen molar-refractivity contribution in [2.45, 2.75) is 45.0 Å². The van der Waals surface area contributed by atoms with Crippen molar-refractivity contribution in [3.63, 3.8) is 0 Å². The highest BCUT2D eigenvalue weighted by atomic mass is 19.4. The number of amides is 2. The van der Waals surface area contributed by atoms with Gasteiger partial charge in [0.2, 0.25) is 0 Å². The van der Waals surface area contributed by atoms with E-state index in [0.717, 1.165) is 18.6 Å². The monoisotopic (exact) mass is 318 g/mol. The summed E-state index contributed by atoms with van der Waals surface area (Å²) < 4.78 is 37.9. The van der Waals surface area contributed by atoms with Crippen LogP contribution in [0.3, 0.4) is 0 Å². The molecule has 0 radical (unpaired) electrons. The Hall–Kier alpha value is -1.76. The molecular weight excluding hydrogens is 297 g/mol. The average Bonchev–Trinajstić information content (AvgIpc) is 2.44. The summed E-state index contributed by atoms with van der Waals surface area (Å²) in [6, 6.07) is 3.71. The maximum absolute atomic E-state index is 12.6. The van der Waals surface area contributed by atoms with E-state index in [2.05, 4.69) is 10.6 Å². The fourth-order valence-corrected chi connectivity index (χ4v) is 1.96. The molecule has 3 N–H and O–H groups in total. The summed E-state index contributed by atoms with van der Waals surface area (Å²) in [6.45, 7) is 3.62. The summed E-state index contributed by atoms with van der Waals surface area (Å²) in [6.07, 6.45) is -3.67. The maximum atomic E-state index is 12.6. The normalized spacial score (nSPS) is 14.3. The van der Waals surface area contributed by atoms with Crippen molar-refractivity contribution < 1.29 is 23.1 Å². The summed E-state index contributed by atoms with van der Waals surface area (Å²) in [7, 11) is 0. The van der Waals surface area contributed by atoms with E-state index in [9.17, 15) is 23.1 Å². The van der Waals surface area contributed by atoms with Gasteiger partial charge in [0.05, 0.1) is 17.7 Å². The topological polar surface area (TPSA) is 61.4 Å². The maximum Gasteiger partial charge on any atom is 0.416 e. The highest BCUT2D eigenvalue weighted by molar-refractivity contribution is 5.74. The zero-order valence-corrected chi connectivity index (χ0v) is 12.6. The number of nitrogens with one attached hydrogen (secondary N) is 2. The van der Waals surface area contributed by atoms with E-state index < -0.39 is 29.9 Å². The minimum Gasteiger partial charge on any atom is -0.391 e. The van der Waals surface area contributed by atoms with Gasteiger partial charge in [0, 0.05) is 6.54 Å². The van der Waals surface area contributed by atoms with E-state index >= 15 is 0 Å². The van der Waals surface area contributed by atoms with Crippen molar-refractivity contribution in [2.75, 3.05) is 6.54 Å². The van der Waals surface area contributed by atoms with Gasteiger partial charge in [-0.05, 0) is 31.0 Å². The zero-order valence-electron chi connectivity index (χ0n) is 12.6. The van der Waals surface area contributed by atoms with Crippen LogP contribution in [0.4, 0.5) is 18.0 Å². The lowest BCUT2D eigenvalue weighted by molar-refractivity contribution is -0.137. The van der Waals surface area contributed by atoms with Gasteiger partial charge in [0.25, 0.3) is 0 Å². The SMILES string of the molecule is CCCC(O)CNC(=O)NC(C)c1cccc(C(F)(F)F)c1. The zero-order chi connectivity index (χ0) is 16.8. The van der Waals surface area contributed by atoms with E-state index in [-0.39, 0.29) is 6.54 Å². The lowest BCUT2D eigenvalue weighted by atomic mass is 10.1. The molecule has 0 bridgehead atoms. The predicted octanol–water partition coefficient (Wildman–Crippen LogP) is 3.23. The molecule has 124 valence electrons. The van der Waals surface area contributed by atoms with Crippen LogP contribution in [0.25, 0.3) is 0 Å². The second kappa shape index (κ2) is 8.03. The second-order valence-electron chi connectivity index (χ2n) is 5.14. The molecule has 0 aliphatic carbocycles. The van der Waals surface area contributed by atoms with Crippen LogP contribution in [0, 0.1) is 0 Å². The molecule has 0 aromatic heterocycles. The van der Waals surface area contributed by atoms with Gasteiger partial charge in [-0.15, -0.1) is 0 Å². The molecule has 0 saturated carbocycles. The van der Waals surface area contributed by atoms with Crippen LogP contribution in [0.2, 0.25) is 0 Å². The summed E-state index contributed by atoms with van der Waals surface area (Å²) >= 11 is 0. The van der Waals surface area contributed by atoms with Gasteiger partial charge in [-0.2, -0.15) is 13.2 Å². The lowest BCUT2D eigenvalue weighted by Gasteiger charge is -2.17. The number of alkyl halides is 3. The van der Waals surface area contributed by atoms with Gasteiger partial charge in [-0.3, -0.25) is 0 Å². The Kier molecular flexibility index (Phi) is 6.67. The van der Waals surface area contributed by atoms with Gasteiger partial charge < -0.3 is 15.7 Å². The third-order valence-electron chi connectivity index (χ3n) is 3.18. The molecule has 2 amide bonds. The second-order valence-corrected chi connectivity index (χ2v) is 5.14. The van der Waals surface area contributed by atoms with Gasteiger partial charge in [0.1, 0.15) is 0 Å². The first-order valence-electron chi connectivity index (χ1n) is 7.13. The standard InChI is InChI=1S/C15H21F3N2O2/c1-3-5-13(21)9-19-14(22)20-10(2)11-6-4-7-12(8-11)15(16,17)18/h4,6-8,10,13,21H,3,5,9H2,1-2H3,(H2,19,20,22). The Balaban J connectivity index is 2.58. The number of carbonyl (C=O) groups excluding carboxylic acids is 1. The van der Waals surface area contributed by atoms with Crippen LogP contribution >= 0.6 is 0 Å². The first-order chi connectivity index (χ1) is 10.2. The summed E-state index contributed by atoms with van der Waals surface area (Å²) in [4.78, 5) is 11.7. The molecule has 2 unspecified atom stereocenters. The molecular formula is C15H21F3N2O2. The van der Waals surface area contributed by atoms with Crippen LogP contribution in [-0.4, -0.2) is 23.8 Å². The number of benzene rings is 1. The average molecular weight is 318 g/mol. The van der Waals surface area contributed by atoms with E-state index in [0.29, 0.717) is 12.0 Å². The number of urea groups is 1. The quantitative estimate of drug-likeness (QED) is 0.754. The Morgan fingerprint density at radius 2 is 2.05 bits per heavy atom. The molecule has 22 heavy (non-hydrogen) atoms. The first-order valence-corrected chi connectivity index (χ1v) is 7.13. The van der Waals surface area contributed by atoms with Gasteiger partial charge in [-0.25, -0.2) is 4.79 Å². The molecule has 0 aliphatic rings. The number of rotatable bonds is 6. The van der Waals surface area contributed by atoms with Gasteiger partial charge in [0.15, 0.2) is 0 Å². The van der Waals surface area contributed by atoms with Crippen LogP contribution < -0.4 is 10.6 Å². The highest BCUT2D eigenvalue weighted by Gasteiger charge is 2.30. The molecule has 0 heterocycles.